The highest BCUT2D eigenvalue weighted by molar-refractivity contribution is 7.85. The molecule has 0 aliphatic rings. The molecule has 0 aromatic heterocycles. The molecule has 0 amide bonds. The maximum atomic E-state index is 13.7. The second kappa shape index (κ2) is 8.32. The lowest BCUT2D eigenvalue weighted by Gasteiger charge is -2.14. The van der Waals surface area contributed by atoms with Gasteiger partial charge in [0.2, 0.25) is 0 Å². The number of rotatable bonds is 4. The molecule has 0 aliphatic carbocycles. The summed E-state index contributed by atoms with van der Waals surface area (Å²) in [6.45, 7) is 0. The highest BCUT2D eigenvalue weighted by atomic mass is 35.5. The molecular weight excluding hydrogens is 407 g/mol. The van der Waals surface area contributed by atoms with Gasteiger partial charge >= 0.3 is 0 Å². The summed E-state index contributed by atoms with van der Waals surface area (Å²) in [6.07, 6.45) is 0. The lowest BCUT2D eigenvalue weighted by atomic mass is 10.1. The van der Waals surface area contributed by atoms with E-state index in [4.69, 9.17) is 23.2 Å². The predicted molar refractivity (Wildman–Crippen MR) is 118 cm³/mol. The van der Waals surface area contributed by atoms with Crippen molar-refractivity contribution in [1.82, 2.24) is 0 Å². The van der Waals surface area contributed by atoms with Gasteiger partial charge in [0, 0.05) is 10.0 Å². The lowest BCUT2D eigenvalue weighted by Crippen LogP contribution is -1.99. The van der Waals surface area contributed by atoms with E-state index in [0.29, 0.717) is 10.0 Å². The van der Waals surface area contributed by atoms with Crippen LogP contribution >= 0.6 is 23.2 Å². The van der Waals surface area contributed by atoms with Crippen LogP contribution < -0.4 is 0 Å². The Morgan fingerprint density at radius 2 is 0.929 bits per heavy atom. The topological polar surface area (TPSA) is 17.1 Å². The minimum atomic E-state index is -1.40. The molecular formula is C24H16Cl2OS. The molecule has 0 aliphatic heterocycles. The van der Waals surface area contributed by atoms with Crippen molar-refractivity contribution < 1.29 is 4.21 Å². The Labute approximate surface area is 177 Å². The van der Waals surface area contributed by atoms with Crippen molar-refractivity contribution in [3.8, 4) is 22.3 Å². The van der Waals surface area contributed by atoms with Crippen LogP contribution in [-0.2, 0) is 10.8 Å². The Kier molecular flexibility index (Phi) is 5.63. The van der Waals surface area contributed by atoms with E-state index in [-0.39, 0.29) is 0 Å². The third kappa shape index (κ3) is 3.90. The largest absolute Gasteiger partial charge is 0.249 e. The molecule has 0 bridgehead atoms. The maximum Gasteiger partial charge on any atom is 0.0862 e. The summed E-state index contributed by atoms with van der Waals surface area (Å²) < 4.78 is 13.7. The maximum absolute atomic E-state index is 13.7. The fraction of sp³-hybridized carbons (Fsp3) is 0. The van der Waals surface area contributed by atoms with Crippen LogP contribution in [0.5, 0.6) is 0 Å². The summed E-state index contributed by atoms with van der Waals surface area (Å²) in [5.74, 6) is 0. The fourth-order valence-corrected chi connectivity index (χ4v) is 4.85. The van der Waals surface area contributed by atoms with Gasteiger partial charge in [-0.05, 0) is 58.7 Å². The first kappa shape index (κ1) is 18.9. The third-order valence-corrected chi connectivity index (χ3v) is 6.43. The van der Waals surface area contributed by atoms with Crippen LogP contribution in [0.4, 0.5) is 0 Å². The minimum absolute atomic E-state index is 0.610. The van der Waals surface area contributed by atoms with Crippen LogP contribution in [0.25, 0.3) is 22.3 Å². The number of hydrogen-bond donors (Lipinski definition) is 0. The van der Waals surface area contributed by atoms with Gasteiger partial charge in [-0.15, -0.1) is 0 Å². The summed E-state index contributed by atoms with van der Waals surface area (Å²) in [5.41, 5.74) is 3.67. The highest BCUT2D eigenvalue weighted by Gasteiger charge is 2.18. The van der Waals surface area contributed by atoms with Gasteiger partial charge in [0.15, 0.2) is 0 Å². The molecule has 1 nitrogen and oxygen atoms in total. The van der Waals surface area contributed by atoms with E-state index in [1.54, 1.807) is 12.1 Å². The Morgan fingerprint density at radius 3 is 1.32 bits per heavy atom. The van der Waals surface area contributed by atoms with Crippen LogP contribution in [-0.4, -0.2) is 4.21 Å². The molecule has 0 saturated carbocycles. The molecule has 4 heteroatoms. The molecule has 0 N–H and O–H groups in total. The molecule has 0 fully saturated rings. The Bertz CT molecular complexity index is 1050. The first-order chi connectivity index (χ1) is 13.6. The van der Waals surface area contributed by atoms with Crippen molar-refractivity contribution in [3.05, 3.63) is 107 Å². The second-order valence-electron chi connectivity index (χ2n) is 6.28. The molecule has 0 unspecified atom stereocenters. The third-order valence-electron chi connectivity index (χ3n) is 4.45. The fourth-order valence-electron chi connectivity index (χ4n) is 3.13. The number of benzene rings is 4. The van der Waals surface area contributed by atoms with E-state index in [1.165, 1.54) is 0 Å². The predicted octanol–water partition coefficient (Wildman–Crippen LogP) is 7.49. The lowest BCUT2D eigenvalue weighted by molar-refractivity contribution is 0.683. The van der Waals surface area contributed by atoms with E-state index in [2.05, 4.69) is 0 Å². The average Bonchev–Trinajstić information content (AvgIpc) is 2.74. The van der Waals surface area contributed by atoms with Gasteiger partial charge in [-0.1, -0.05) is 83.9 Å². The van der Waals surface area contributed by atoms with E-state index >= 15 is 0 Å². The van der Waals surface area contributed by atoms with Crippen LogP contribution in [0.3, 0.4) is 0 Å². The van der Waals surface area contributed by atoms with Gasteiger partial charge < -0.3 is 0 Å². The van der Waals surface area contributed by atoms with Crippen molar-refractivity contribution in [2.45, 2.75) is 9.79 Å². The molecule has 0 spiro atoms. The molecule has 0 saturated heterocycles. The van der Waals surface area contributed by atoms with Gasteiger partial charge in [-0.3, -0.25) is 0 Å². The van der Waals surface area contributed by atoms with Crippen molar-refractivity contribution >= 4 is 34.0 Å². The zero-order chi connectivity index (χ0) is 19.5. The normalized spacial score (nSPS) is 11.0. The van der Waals surface area contributed by atoms with E-state index in [0.717, 1.165) is 32.0 Å². The zero-order valence-corrected chi connectivity index (χ0v) is 17.1. The Morgan fingerprint density at radius 1 is 0.536 bits per heavy atom. The van der Waals surface area contributed by atoms with Crippen LogP contribution in [0.1, 0.15) is 0 Å². The van der Waals surface area contributed by atoms with Crippen LogP contribution in [0.2, 0.25) is 10.0 Å². The summed E-state index contributed by atoms with van der Waals surface area (Å²) in [5, 5.41) is 1.22. The standard InChI is InChI=1S/C24H16Cl2OS/c25-19-11-13-23(21(15-19)17-7-3-1-4-8-17)28(27)24-14-12-20(26)16-22(24)18-9-5-2-6-10-18/h1-16H. The molecule has 0 heterocycles. The summed E-state index contributed by atoms with van der Waals surface area (Å²) in [4.78, 5) is 1.44. The summed E-state index contributed by atoms with van der Waals surface area (Å²) in [7, 11) is -1.40. The number of hydrogen-bond acceptors (Lipinski definition) is 1. The zero-order valence-electron chi connectivity index (χ0n) is 14.8. The molecule has 4 aromatic carbocycles. The molecule has 138 valence electrons. The Hall–Kier alpha value is -2.39. The van der Waals surface area contributed by atoms with E-state index < -0.39 is 10.8 Å². The van der Waals surface area contributed by atoms with Crippen molar-refractivity contribution in [3.63, 3.8) is 0 Å². The summed E-state index contributed by atoms with van der Waals surface area (Å²) >= 11 is 12.5. The Balaban J connectivity index is 1.89. The van der Waals surface area contributed by atoms with Gasteiger partial charge in [0.25, 0.3) is 0 Å². The summed E-state index contributed by atoms with van der Waals surface area (Å²) in [6, 6.07) is 30.7. The molecule has 0 radical (unpaired) electrons. The average molecular weight is 423 g/mol. The van der Waals surface area contributed by atoms with E-state index in [1.807, 2.05) is 84.9 Å². The quantitative estimate of drug-likeness (QED) is 0.332. The van der Waals surface area contributed by atoms with Gasteiger partial charge in [-0.25, -0.2) is 4.21 Å². The molecule has 4 rings (SSSR count). The van der Waals surface area contributed by atoms with Crippen LogP contribution in [0, 0.1) is 0 Å². The molecule has 28 heavy (non-hydrogen) atoms. The van der Waals surface area contributed by atoms with E-state index in [9.17, 15) is 4.21 Å². The van der Waals surface area contributed by atoms with Crippen molar-refractivity contribution in [1.29, 1.82) is 0 Å². The van der Waals surface area contributed by atoms with Gasteiger partial charge in [-0.2, -0.15) is 0 Å². The monoisotopic (exact) mass is 422 g/mol. The van der Waals surface area contributed by atoms with Gasteiger partial charge in [0.05, 0.1) is 20.6 Å². The second-order valence-corrected chi connectivity index (χ2v) is 8.57. The number of halogens is 2. The highest BCUT2D eigenvalue weighted by Crippen LogP contribution is 2.36. The molecule has 0 atom stereocenters. The minimum Gasteiger partial charge on any atom is -0.249 e. The van der Waals surface area contributed by atoms with Crippen molar-refractivity contribution in [2.75, 3.05) is 0 Å². The van der Waals surface area contributed by atoms with Gasteiger partial charge in [0.1, 0.15) is 0 Å². The van der Waals surface area contributed by atoms with Crippen molar-refractivity contribution in [2.24, 2.45) is 0 Å². The first-order valence-corrected chi connectivity index (χ1v) is 10.7. The van der Waals surface area contributed by atoms with Crippen LogP contribution in [0.15, 0.2) is 107 Å². The first-order valence-electron chi connectivity index (χ1n) is 8.75. The molecule has 4 aromatic rings. The SMILES string of the molecule is O=S(c1ccc(Cl)cc1-c1ccccc1)c1ccc(Cl)cc1-c1ccccc1. The smallest absolute Gasteiger partial charge is 0.0862 e.